The Kier molecular flexibility index (Phi) is 7.63. The number of aryl methyl sites for hydroxylation is 1. The smallest absolute Gasteiger partial charge is 0.255 e. The quantitative estimate of drug-likeness (QED) is 0.417. The second-order valence-corrected chi connectivity index (χ2v) is 9.22. The molecule has 2 aromatic rings. The first-order valence-electron chi connectivity index (χ1n) is 12.1. The van der Waals surface area contributed by atoms with Crippen molar-refractivity contribution >= 4 is 17.7 Å². The van der Waals surface area contributed by atoms with Crippen LogP contribution in [0.25, 0.3) is 0 Å². The third-order valence-electron chi connectivity index (χ3n) is 6.80. The average Bonchev–Trinajstić information content (AvgIpc) is 3.18. The summed E-state index contributed by atoms with van der Waals surface area (Å²) in [6.07, 6.45) is 5.23. The third kappa shape index (κ3) is 5.47. The Labute approximate surface area is 200 Å². The molecule has 4 rings (SSSR count). The van der Waals surface area contributed by atoms with Crippen LogP contribution in [0.2, 0.25) is 0 Å². The Hall–Kier alpha value is -3.19. The highest BCUT2D eigenvalue weighted by molar-refractivity contribution is 6.05. The van der Waals surface area contributed by atoms with Crippen LogP contribution in [0.5, 0.6) is 5.75 Å². The number of amides is 3. The van der Waals surface area contributed by atoms with Crippen molar-refractivity contribution in [1.82, 2.24) is 15.5 Å². The largest absolute Gasteiger partial charge is 0.489 e. The molecule has 2 aromatic carbocycles. The highest BCUT2D eigenvalue weighted by Crippen LogP contribution is 2.34. The zero-order valence-electron chi connectivity index (χ0n) is 19.9. The zero-order chi connectivity index (χ0) is 24.1. The van der Waals surface area contributed by atoms with E-state index in [9.17, 15) is 14.4 Å². The summed E-state index contributed by atoms with van der Waals surface area (Å²) in [7, 11) is 2.00. The molecule has 1 fully saturated rings. The van der Waals surface area contributed by atoms with Crippen LogP contribution < -0.4 is 15.4 Å². The molecule has 7 nitrogen and oxygen atoms in total. The molecule has 2 aliphatic heterocycles. The molecule has 0 aromatic heterocycles. The predicted octanol–water partition coefficient (Wildman–Crippen LogP) is 3.35. The fourth-order valence-electron chi connectivity index (χ4n) is 4.58. The van der Waals surface area contributed by atoms with Gasteiger partial charge in [0.2, 0.25) is 11.8 Å². The van der Waals surface area contributed by atoms with Gasteiger partial charge in [0.25, 0.3) is 5.91 Å². The molecule has 0 aliphatic carbocycles. The topological polar surface area (TPSA) is 87.7 Å². The summed E-state index contributed by atoms with van der Waals surface area (Å²) in [4.78, 5) is 38.2. The van der Waals surface area contributed by atoms with Gasteiger partial charge in [-0.15, -0.1) is 0 Å². The van der Waals surface area contributed by atoms with Crippen molar-refractivity contribution in [2.45, 2.75) is 70.7 Å². The monoisotopic (exact) mass is 463 g/mol. The van der Waals surface area contributed by atoms with E-state index < -0.39 is 11.9 Å². The van der Waals surface area contributed by atoms with Gasteiger partial charge < -0.3 is 15.0 Å². The molecule has 180 valence electrons. The standard InChI is InChI=1S/C27H33N3O4/c1-18(28-2)6-3-4-7-19-10-12-20(13-11-19)17-34-24-9-5-8-21-22(24)16-30(27(21)33)23-14-15-25(31)29-26(23)32/h5,8-13,18,23,28H,3-4,6-7,14-17H2,1-2H3,(H,29,31,32). The lowest BCUT2D eigenvalue weighted by atomic mass is 10.0. The minimum absolute atomic E-state index is 0.191. The summed E-state index contributed by atoms with van der Waals surface area (Å²) in [6.45, 7) is 2.92. The third-order valence-corrected chi connectivity index (χ3v) is 6.80. The molecule has 2 unspecified atom stereocenters. The van der Waals surface area contributed by atoms with Crippen LogP contribution >= 0.6 is 0 Å². The Bertz CT molecular complexity index is 1050. The van der Waals surface area contributed by atoms with Crippen LogP contribution in [0.15, 0.2) is 42.5 Å². The highest BCUT2D eigenvalue weighted by atomic mass is 16.5. The van der Waals surface area contributed by atoms with Crippen LogP contribution in [0.4, 0.5) is 0 Å². The maximum Gasteiger partial charge on any atom is 0.255 e. The molecule has 2 N–H and O–H groups in total. The molecular weight excluding hydrogens is 430 g/mol. The van der Waals surface area contributed by atoms with Gasteiger partial charge >= 0.3 is 0 Å². The van der Waals surface area contributed by atoms with Crippen molar-refractivity contribution < 1.29 is 19.1 Å². The zero-order valence-corrected chi connectivity index (χ0v) is 19.9. The molecule has 2 aliphatic rings. The van der Waals surface area contributed by atoms with E-state index >= 15 is 0 Å². The maximum atomic E-state index is 13.0. The van der Waals surface area contributed by atoms with Gasteiger partial charge in [-0.1, -0.05) is 36.8 Å². The summed E-state index contributed by atoms with van der Waals surface area (Å²) >= 11 is 0. The molecule has 0 bridgehead atoms. The van der Waals surface area contributed by atoms with Crippen molar-refractivity contribution in [1.29, 1.82) is 0 Å². The summed E-state index contributed by atoms with van der Waals surface area (Å²) < 4.78 is 6.10. The number of benzene rings is 2. The second-order valence-electron chi connectivity index (χ2n) is 9.22. The lowest BCUT2D eigenvalue weighted by Gasteiger charge is -2.29. The van der Waals surface area contributed by atoms with Crippen LogP contribution in [-0.2, 0) is 29.2 Å². The second kappa shape index (κ2) is 10.8. The summed E-state index contributed by atoms with van der Waals surface area (Å²) in [5.41, 5.74) is 3.75. The number of carbonyl (C=O) groups is 3. The van der Waals surface area contributed by atoms with Gasteiger partial charge in [-0.2, -0.15) is 0 Å². The lowest BCUT2D eigenvalue weighted by Crippen LogP contribution is -2.52. The van der Waals surface area contributed by atoms with E-state index in [4.69, 9.17) is 4.74 Å². The molecular formula is C27H33N3O4. The fourth-order valence-corrected chi connectivity index (χ4v) is 4.58. The van der Waals surface area contributed by atoms with E-state index in [0.29, 0.717) is 36.9 Å². The van der Waals surface area contributed by atoms with Gasteiger partial charge in [0.15, 0.2) is 0 Å². The molecule has 0 spiro atoms. The fraction of sp³-hybridized carbons (Fsp3) is 0.444. The molecule has 2 atom stereocenters. The van der Waals surface area contributed by atoms with Gasteiger partial charge in [0.1, 0.15) is 18.4 Å². The van der Waals surface area contributed by atoms with Gasteiger partial charge in [-0.05, 0) is 62.9 Å². The van der Waals surface area contributed by atoms with E-state index in [1.54, 1.807) is 17.0 Å². The summed E-state index contributed by atoms with van der Waals surface area (Å²) in [5.74, 6) is -0.230. The van der Waals surface area contributed by atoms with Gasteiger partial charge in [-0.25, -0.2) is 0 Å². The first kappa shape index (κ1) is 24.0. The molecule has 34 heavy (non-hydrogen) atoms. The number of fused-ring (bicyclic) bond motifs is 1. The van der Waals surface area contributed by atoms with Crippen molar-refractivity contribution in [3.8, 4) is 5.75 Å². The molecule has 0 radical (unpaired) electrons. The summed E-state index contributed by atoms with van der Waals surface area (Å²) in [6, 6.07) is 13.9. The number of nitrogens with zero attached hydrogens (tertiary/aromatic N) is 1. The Morgan fingerprint density at radius 2 is 1.85 bits per heavy atom. The van der Waals surface area contributed by atoms with Crippen molar-refractivity contribution in [2.24, 2.45) is 0 Å². The number of carbonyl (C=O) groups excluding carboxylic acids is 3. The Morgan fingerprint density at radius 1 is 1.09 bits per heavy atom. The lowest BCUT2D eigenvalue weighted by molar-refractivity contribution is -0.136. The average molecular weight is 464 g/mol. The van der Waals surface area contributed by atoms with E-state index in [1.807, 2.05) is 13.1 Å². The van der Waals surface area contributed by atoms with Crippen molar-refractivity contribution in [3.63, 3.8) is 0 Å². The molecule has 7 heteroatoms. The Morgan fingerprint density at radius 3 is 2.59 bits per heavy atom. The number of nitrogens with one attached hydrogen (secondary N) is 2. The number of unbranched alkanes of at least 4 members (excludes halogenated alkanes) is 1. The van der Waals surface area contributed by atoms with Crippen LogP contribution in [0.1, 0.15) is 66.1 Å². The van der Waals surface area contributed by atoms with E-state index in [0.717, 1.165) is 17.5 Å². The van der Waals surface area contributed by atoms with Crippen molar-refractivity contribution in [3.05, 3.63) is 64.7 Å². The SMILES string of the molecule is CNC(C)CCCCc1ccc(COc2cccc3c2CN(C2CCC(=O)NC2=O)C3=O)cc1. The number of ether oxygens (including phenoxy) is 1. The number of hydrogen-bond acceptors (Lipinski definition) is 5. The molecule has 1 saturated heterocycles. The summed E-state index contributed by atoms with van der Waals surface area (Å²) in [5, 5.41) is 5.61. The number of imide groups is 1. The normalized spacial score (nSPS) is 18.6. The maximum absolute atomic E-state index is 13.0. The Balaban J connectivity index is 1.34. The minimum atomic E-state index is -0.626. The number of hydrogen-bond donors (Lipinski definition) is 2. The molecule has 3 amide bonds. The van der Waals surface area contributed by atoms with E-state index in [2.05, 4.69) is 41.8 Å². The number of rotatable bonds is 10. The van der Waals surface area contributed by atoms with Gasteiger partial charge in [0.05, 0.1) is 6.54 Å². The number of piperidine rings is 1. The predicted molar refractivity (Wildman–Crippen MR) is 129 cm³/mol. The van der Waals surface area contributed by atoms with Crippen LogP contribution in [0, 0.1) is 0 Å². The molecule has 0 saturated carbocycles. The van der Waals surface area contributed by atoms with Gasteiger partial charge in [-0.3, -0.25) is 19.7 Å². The van der Waals surface area contributed by atoms with Crippen LogP contribution in [0.3, 0.4) is 0 Å². The highest BCUT2D eigenvalue weighted by Gasteiger charge is 2.40. The van der Waals surface area contributed by atoms with Crippen molar-refractivity contribution in [2.75, 3.05) is 7.05 Å². The minimum Gasteiger partial charge on any atom is -0.489 e. The van der Waals surface area contributed by atoms with Crippen LogP contribution in [-0.4, -0.2) is 41.8 Å². The first-order chi connectivity index (χ1) is 16.5. The van der Waals surface area contributed by atoms with Gasteiger partial charge in [0, 0.05) is 23.6 Å². The first-order valence-corrected chi connectivity index (χ1v) is 12.1. The van der Waals surface area contributed by atoms with E-state index in [-0.39, 0.29) is 18.2 Å². The molecule has 2 heterocycles. The van der Waals surface area contributed by atoms with E-state index in [1.165, 1.54) is 24.8 Å².